The Bertz CT molecular complexity index is 485. The molecule has 0 radical (unpaired) electrons. The minimum Gasteiger partial charge on any atom is -0.347 e. The molecule has 0 N–H and O–H groups in total. The predicted molar refractivity (Wildman–Crippen MR) is 73.9 cm³/mol. The number of benzene rings is 1. The topological polar surface area (TPSA) is 4.93 Å². The highest BCUT2D eigenvalue weighted by Gasteiger charge is 2.08. The maximum Gasteiger partial charge on any atom is 0.0472 e. The molecule has 0 bridgehead atoms. The highest BCUT2D eigenvalue weighted by molar-refractivity contribution is 6.18. The first-order valence-electron chi connectivity index (χ1n) is 5.97. The third-order valence-corrected chi connectivity index (χ3v) is 3.52. The zero-order valence-corrected chi connectivity index (χ0v) is 11.2. The van der Waals surface area contributed by atoms with Crippen LogP contribution in [0.15, 0.2) is 36.5 Å². The van der Waals surface area contributed by atoms with Crippen LogP contribution in [0.1, 0.15) is 22.4 Å². The van der Waals surface area contributed by atoms with Crippen molar-refractivity contribution in [1.82, 2.24) is 4.57 Å². The normalized spacial score (nSPS) is 10.8. The summed E-state index contributed by atoms with van der Waals surface area (Å²) in [4.78, 5) is 0. The molecular weight excluding hydrogens is 230 g/mol. The summed E-state index contributed by atoms with van der Waals surface area (Å²) in [5, 5.41) is 0. The van der Waals surface area contributed by atoms with Crippen molar-refractivity contribution in [3.05, 3.63) is 58.9 Å². The van der Waals surface area contributed by atoms with Crippen molar-refractivity contribution in [3.8, 4) is 0 Å². The Kier molecular flexibility index (Phi) is 3.90. The molecule has 90 valence electrons. The molecule has 0 unspecified atom stereocenters. The molecule has 1 aromatic carbocycles. The van der Waals surface area contributed by atoms with Gasteiger partial charge in [-0.25, -0.2) is 0 Å². The molecule has 0 fully saturated rings. The maximum absolute atomic E-state index is 5.82. The third-order valence-electron chi connectivity index (χ3n) is 3.33. The lowest BCUT2D eigenvalue weighted by Gasteiger charge is -2.06. The van der Waals surface area contributed by atoms with Gasteiger partial charge in [0.15, 0.2) is 0 Å². The van der Waals surface area contributed by atoms with Gasteiger partial charge in [-0.15, -0.1) is 11.6 Å². The highest BCUT2D eigenvalue weighted by Crippen LogP contribution is 2.18. The van der Waals surface area contributed by atoms with Crippen LogP contribution in [0.5, 0.6) is 0 Å². The van der Waals surface area contributed by atoms with Crippen LogP contribution in [0.25, 0.3) is 0 Å². The molecule has 1 aromatic heterocycles. The Hall–Kier alpha value is -1.21. The molecule has 2 rings (SSSR count). The highest BCUT2D eigenvalue weighted by atomic mass is 35.5. The standard InChI is InChI=1S/C15H18ClN/c1-12-13(2)17(11-15(12)8-9-16)10-14-6-4-3-5-7-14/h3-7,11H,8-10H2,1-2H3. The number of hydrogen-bond acceptors (Lipinski definition) is 0. The van der Waals surface area contributed by atoms with Gasteiger partial charge in [-0.2, -0.15) is 0 Å². The molecule has 17 heavy (non-hydrogen) atoms. The second kappa shape index (κ2) is 5.42. The van der Waals surface area contributed by atoms with E-state index in [1.54, 1.807) is 0 Å². The predicted octanol–water partition coefficient (Wildman–Crippen LogP) is 3.93. The summed E-state index contributed by atoms with van der Waals surface area (Å²) in [5.41, 5.74) is 5.42. The van der Waals surface area contributed by atoms with E-state index in [9.17, 15) is 0 Å². The number of rotatable bonds is 4. The van der Waals surface area contributed by atoms with Crippen molar-refractivity contribution in [1.29, 1.82) is 0 Å². The molecule has 1 heterocycles. The second-order valence-corrected chi connectivity index (χ2v) is 4.80. The van der Waals surface area contributed by atoms with Crippen LogP contribution in [-0.2, 0) is 13.0 Å². The van der Waals surface area contributed by atoms with Gasteiger partial charge in [-0.05, 0) is 37.0 Å². The fourth-order valence-electron chi connectivity index (χ4n) is 2.13. The summed E-state index contributed by atoms with van der Waals surface area (Å²) in [5.74, 6) is 0.690. The van der Waals surface area contributed by atoms with Crippen LogP contribution in [0, 0.1) is 13.8 Å². The van der Waals surface area contributed by atoms with Gasteiger partial charge in [0.1, 0.15) is 0 Å². The summed E-state index contributed by atoms with van der Waals surface area (Å²) in [6.45, 7) is 5.30. The molecule has 0 aliphatic rings. The average Bonchev–Trinajstić information content (AvgIpc) is 2.60. The molecule has 2 heteroatoms. The molecule has 0 aliphatic heterocycles. The molecule has 0 spiro atoms. The molecule has 0 atom stereocenters. The van der Waals surface area contributed by atoms with Crippen molar-refractivity contribution in [2.45, 2.75) is 26.8 Å². The van der Waals surface area contributed by atoms with E-state index >= 15 is 0 Å². The largest absolute Gasteiger partial charge is 0.347 e. The fourth-order valence-corrected chi connectivity index (χ4v) is 2.33. The molecule has 1 nitrogen and oxygen atoms in total. The fraction of sp³-hybridized carbons (Fsp3) is 0.333. The molecule has 2 aromatic rings. The van der Waals surface area contributed by atoms with Crippen LogP contribution in [0.2, 0.25) is 0 Å². The molecule has 0 saturated heterocycles. The number of nitrogens with zero attached hydrogens (tertiary/aromatic N) is 1. The van der Waals surface area contributed by atoms with Crippen molar-refractivity contribution in [3.63, 3.8) is 0 Å². The quantitative estimate of drug-likeness (QED) is 0.722. The Morgan fingerprint density at radius 2 is 1.82 bits per heavy atom. The lowest BCUT2D eigenvalue weighted by molar-refractivity contribution is 0.771. The van der Waals surface area contributed by atoms with Crippen LogP contribution < -0.4 is 0 Å². The van der Waals surface area contributed by atoms with Crippen molar-refractivity contribution < 1.29 is 0 Å². The number of alkyl halides is 1. The van der Waals surface area contributed by atoms with E-state index in [-0.39, 0.29) is 0 Å². The first kappa shape index (κ1) is 12.3. The Morgan fingerprint density at radius 3 is 2.47 bits per heavy atom. The van der Waals surface area contributed by atoms with Gasteiger partial charge in [0.05, 0.1) is 0 Å². The van der Waals surface area contributed by atoms with Gasteiger partial charge in [0.2, 0.25) is 0 Å². The van der Waals surface area contributed by atoms with E-state index in [1.807, 2.05) is 0 Å². The summed E-state index contributed by atoms with van der Waals surface area (Å²) in [7, 11) is 0. The summed E-state index contributed by atoms with van der Waals surface area (Å²) in [6.07, 6.45) is 3.19. The van der Waals surface area contributed by atoms with Crippen LogP contribution in [-0.4, -0.2) is 10.4 Å². The van der Waals surface area contributed by atoms with E-state index in [0.29, 0.717) is 5.88 Å². The van der Waals surface area contributed by atoms with Crippen molar-refractivity contribution in [2.75, 3.05) is 5.88 Å². The summed E-state index contributed by atoms with van der Waals surface area (Å²) >= 11 is 5.82. The Morgan fingerprint density at radius 1 is 1.12 bits per heavy atom. The van der Waals surface area contributed by atoms with Crippen molar-refractivity contribution >= 4 is 11.6 Å². The average molecular weight is 248 g/mol. The molecule has 0 saturated carbocycles. The van der Waals surface area contributed by atoms with Gasteiger partial charge < -0.3 is 4.57 Å². The van der Waals surface area contributed by atoms with Crippen molar-refractivity contribution in [2.24, 2.45) is 0 Å². The monoisotopic (exact) mass is 247 g/mol. The lowest BCUT2D eigenvalue weighted by atomic mass is 10.1. The smallest absolute Gasteiger partial charge is 0.0472 e. The number of aromatic nitrogens is 1. The second-order valence-electron chi connectivity index (χ2n) is 4.42. The zero-order chi connectivity index (χ0) is 12.3. The first-order valence-corrected chi connectivity index (χ1v) is 6.51. The number of hydrogen-bond donors (Lipinski definition) is 0. The van der Waals surface area contributed by atoms with Gasteiger partial charge in [0.25, 0.3) is 0 Å². The van der Waals surface area contributed by atoms with Gasteiger partial charge in [-0.1, -0.05) is 30.3 Å². The minimum absolute atomic E-state index is 0.690. The zero-order valence-electron chi connectivity index (χ0n) is 10.4. The number of aryl methyl sites for hydroxylation is 1. The van der Waals surface area contributed by atoms with Crippen LogP contribution in [0.4, 0.5) is 0 Å². The van der Waals surface area contributed by atoms with Crippen LogP contribution in [0.3, 0.4) is 0 Å². The maximum atomic E-state index is 5.82. The molecule has 0 amide bonds. The summed E-state index contributed by atoms with van der Waals surface area (Å²) in [6, 6.07) is 10.5. The van der Waals surface area contributed by atoms with Gasteiger partial charge in [0, 0.05) is 24.3 Å². The summed E-state index contributed by atoms with van der Waals surface area (Å²) < 4.78 is 2.31. The Balaban J connectivity index is 2.25. The molecule has 0 aliphatic carbocycles. The van der Waals surface area contributed by atoms with Gasteiger partial charge in [-0.3, -0.25) is 0 Å². The van der Waals surface area contributed by atoms with E-state index in [4.69, 9.17) is 11.6 Å². The van der Waals surface area contributed by atoms with Gasteiger partial charge >= 0.3 is 0 Å². The first-order chi connectivity index (χ1) is 8.22. The lowest BCUT2D eigenvalue weighted by Crippen LogP contribution is -2.00. The third kappa shape index (κ3) is 2.73. The van der Waals surface area contributed by atoms with E-state index < -0.39 is 0 Å². The minimum atomic E-state index is 0.690. The van der Waals surface area contributed by atoms with E-state index in [0.717, 1.165) is 13.0 Å². The van der Waals surface area contributed by atoms with Crippen LogP contribution >= 0.6 is 11.6 Å². The Labute approximate surface area is 108 Å². The van der Waals surface area contributed by atoms with E-state index in [2.05, 4.69) is 54.9 Å². The SMILES string of the molecule is Cc1c(CCCl)cn(Cc2ccccc2)c1C. The molecular formula is C15H18ClN. The number of halogens is 1. The van der Waals surface area contributed by atoms with E-state index in [1.165, 1.54) is 22.4 Å².